The number of nitrogens with one attached hydrogen (secondary N) is 3. The molecule has 0 bridgehead atoms. The van der Waals surface area contributed by atoms with E-state index in [0.29, 0.717) is 24.7 Å². The molecule has 0 spiro atoms. The number of guanidine groups is 1. The molecule has 7 heteroatoms. The fourth-order valence-electron chi connectivity index (χ4n) is 2.86. The first kappa shape index (κ1) is 22.8. The lowest BCUT2D eigenvalue weighted by molar-refractivity contribution is 0.0257. The molecule has 0 heterocycles. The Hall–Kier alpha value is -2.28. The first-order valence-electron chi connectivity index (χ1n) is 9.64. The fraction of sp³-hybridized carbons (Fsp3) is 0.600. The van der Waals surface area contributed by atoms with Gasteiger partial charge in [0.25, 0.3) is 0 Å². The zero-order chi connectivity index (χ0) is 20.1. The molecule has 7 nitrogen and oxygen atoms in total. The van der Waals surface area contributed by atoms with Crippen LogP contribution < -0.4 is 16.0 Å². The van der Waals surface area contributed by atoms with Crippen LogP contribution in [0.25, 0.3) is 0 Å². The summed E-state index contributed by atoms with van der Waals surface area (Å²) in [6.07, 6.45) is 2.92. The molecule has 1 aromatic rings. The van der Waals surface area contributed by atoms with Crippen LogP contribution in [-0.4, -0.2) is 43.0 Å². The van der Waals surface area contributed by atoms with Crippen molar-refractivity contribution in [3.63, 3.8) is 0 Å². The van der Waals surface area contributed by atoms with Crippen molar-refractivity contribution in [1.29, 1.82) is 0 Å². The molecular weight excluding hydrogens is 344 g/mol. The molecule has 0 aliphatic carbocycles. The number of aliphatic imine (C=N–C) groups is 1. The van der Waals surface area contributed by atoms with E-state index in [1.165, 1.54) is 7.11 Å². The van der Waals surface area contributed by atoms with Crippen LogP contribution in [0.15, 0.2) is 29.3 Å². The Morgan fingerprint density at radius 2 is 1.74 bits per heavy atom. The lowest BCUT2D eigenvalue weighted by atomic mass is 9.93. The first-order chi connectivity index (χ1) is 13.0. The molecule has 152 valence electrons. The minimum Gasteiger partial charge on any atom is -0.453 e. The summed E-state index contributed by atoms with van der Waals surface area (Å²) in [6.45, 7) is 7.89. The Morgan fingerprint density at radius 3 is 2.26 bits per heavy atom. The van der Waals surface area contributed by atoms with E-state index in [2.05, 4.69) is 39.5 Å². The lowest BCUT2D eigenvalue weighted by Crippen LogP contribution is -2.47. The van der Waals surface area contributed by atoms with Gasteiger partial charge in [-0.25, -0.2) is 9.79 Å². The van der Waals surface area contributed by atoms with Crippen molar-refractivity contribution in [2.45, 2.75) is 58.6 Å². The minimum atomic E-state index is -0.707. The molecule has 0 unspecified atom stereocenters. The van der Waals surface area contributed by atoms with E-state index in [4.69, 9.17) is 0 Å². The molecule has 0 atom stereocenters. The Balaban J connectivity index is 2.68. The number of nitrogens with zero attached hydrogens (tertiary/aromatic N) is 1. The predicted octanol–water partition coefficient (Wildman–Crippen LogP) is 3.25. The minimum absolute atomic E-state index is 0.475. The van der Waals surface area contributed by atoms with Gasteiger partial charge in [0, 0.05) is 18.8 Å². The van der Waals surface area contributed by atoms with Crippen molar-refractivity contribution in [3.8, 4) is 0 Å². The van der Waals surface area contributed by atoms with E-state index < -0.39 is 11.7 Å². The molecule has 0 radical (unpaired) electrons. The van der Waals surface area contributed by atoms with Crippen LogP contribution in [0.2, 0.25) is 0 Å². The standard InChI is InChI=1S/C20H34N4O3/c1-5-12-20(26,13-6-2)15-23-18(21-7-3)22-14-16-8-10-17(11-9-16)24-19(25)27-4/h8-11,26H,5-7,12-15H2,1-4H3,(H,24,25)(H2,21,22,23). The van der Waals surface area contributed by atoms with Crippen molar-refractivity contribution in [2.75, 3.05) is 25.5 Å². The average molecular weight is 379 g/mol. The van der Waals surface area contributed by atoms with Crippen molar-refractivity contribution < 1.29 is 14.6 Å². The van der Waals surface area contributed by atoms with Gasteiger partial charge in [0.1, 0.15) is 0 Å². The number of carbonyl (C=O) groups excluding carboxylic acids is 1. The van der Waals surface area contributed by atoms with Gasteiger partial charge in [0.05, 0.1) is 19.3 Å². The lowest BCUT2D eigenvalue weighted by Gasteiger charge is -2.28. The monoisotopic (exact) mass is 378 g/mol. The molecule has 4 N–H and O–H groups in total. The van der Waals surface area contributed by atoms with Crippen LogP contribution in [0.3, 0.4) is 0 Å². The number of amides is 1. The van der Waals surface area contributed by atoms with Crippen molar-refractivity contribution >= 4 is 17.7 Å². The van der Waals surface area contributed by atoms with Crippen molar-refractivity contribution in [1.82, 2.24) is 10.6 Å². The summed E-state index contributed by atoms with van der Waals surface area (Å²) in [7, 11) is 1.33. The number of anilines is 1. The van der Waals surface area contributed by atoms with Crippen LogP contribution in [0.5, 0.6) is 0 Å². The Labute approximate surface area is 162 Å². The molecule has 1 rings (SSSR count). The Kier molecular flexibility index (Phi) is 10.3. The van der Waals surface area contributed by atoms with E-state index in [0.717, 1.165) is 37.8 Å². The molecule has 0 saturated heterocycles. The second-order valence-corrected chi connectivity index (χ2v) is 6.59. The number of ether oxygens (including phenoxy) is 1. The third-order valence-corrected chi connectivity index (χ3v) is 4.17. The average Bonchev–Trinajstić information content (AvgIpc) is 2.65. The SMILES string of the molecule is CCCC(O)(CCC)CNC(=NCc1ccc(NC(=O)OC)cc1)NCC. The molecule has 0 saturated carbocycles. The van der Waals surface area contributed by atoms with Gasteiger partial charge in [0.2, 0.25) is 0 Å². The zero-order valence-corrected chi connectivity index (χ0v) is 17.0. The molecule has 0 aliphatic rings. The van der Waals surface area contributed by atoms with Gasteiger partial charge in [-0.3, -0.25) is 5.32 Å². The highest BCUT2D eigenvalue weighted by atomic mass is 16.5. The van der Waals surface area contributed by atoms with Crippen molar-refractivity contribution in [2.24, 2.45) is 4.99 Å². The number of benzene rings is 1. The molecule has 1 amide bonds. The second kappa shape index (κ2) is 12.2. The molecule has 0 aliphatic heterocycles. The number of carbonyl (C=O) groups is 1. The highest BCUT2D eigenvalue weighted by Gasteiger charge is 2.24. The van der Waals surface area contributed by atoms with Gasteiger partial charge in [-0.15, -0.1) is 0 Å². The quantitative estimate of drug-likeness (QED) is 0.370. The summed E-state index contributed by atoms with van der Waals surface area (Å²) in [4.78, 5) is 15.8. The number of rotatable bonds is 10. The molecule has 0 fully saturated rings. The van der Waals surface area contributed by atoms with Crippen LogP contribution in [0.4, 0.5) is 10.5 Å². The summed E-state index contributed by atoms with van der Waals surface area (Å²) >= 11 is 0. The summed E-state index contributed by atoms with van der Waals surface area (Å²) in [5.41, 5.74) is 0.977. The van der Waals surface area contributed by atoms with E-state index in [1.54, 1.807) is 0 Å². The topological polar surface area (TPSA) is 95.0 Å². The van der Waals surface area contributed by atoms with E-state index >= 15 is 0 Å². The number of hydrogen-bond acceptors (Lipinski definition) is 4. The van der Waals surface area contributed by atoms with Gasteiger partial charge in [-0.2, -0.15) is 0 Å². The second-order valence-electron chi connectivity index (χ2n) is 6.59. The fourth-order valence-corrected chi connectivity index (χ4v) is 2.86. The molecular formula is C20H34N4O3. The number of aliphatic hydroxyl groups is 1. The van der Waals surface area contributed by atoms with Crippen LogP contribution >= 0.6 is 0 Å². The summed E-state index contributed by atoms with van der Waals surface area (Å²) < 4.78 is 4.57. The molecule has 27 heavy (non-hydrogen) atoms. The van der Waals surface area contributed by atoms with E-state index in [9.17, 15) is 9.90 Å². The number of hydrogen-bond donors (Lipinski definition) is 4. The Morgan fingerprint density at radius 1 is 1.11 bits per heavy atom. The van der Waals surface area contributed by atoms with Gasteiger partial charge >= 0.3 is 6.09 Å². The summed E-state index contributed by atoms with van der Waals surface area (Å²) in [5.74, 6) is 0.680. The molecule has 1 aromatic carbocycles. The van der Waals surface area contributed by atoms with Crippen LogP contribution in [0.1, 0.15) is 52.0 Å². The number of methoxy groups -OCH3 is 1. The van der Waals surface area contributed by atoms with E-state index in [-0.39, 0.29) is 0 Å². The summed E-state index contributed by atoms with van der Waals surface area (Å²) in [6, 6.07) is 7.43. The van der Waals surface area contributed by atoms with Gasteiger partial charge < -0.3 is 20.5 Å². The maximum atomic E-state index is 11.2. The predicted molar refractivity (Wildman–Crippen MR) is 110 cm³/mol. The zero-order valence-electron chi connectivity index (χ0n) is 17.0. The highest BCUT2D eigenvalue weighted by Crippen LogP contribution is 2.18. The smallest absolute Gasteiger partial charge is 0.411 e. The van der Waals surface area contributed by atoms with Gasteiger partial charge in [-0.05, 0) is 37.5 Å². The Bertz CT molecular complexity index is 581. The normalized spacial score (nSPS) is 11.8. The molecule has 0 aromatic heterocycles. The third-order valence-electron chi connectivity index (χ3n) is 4.17. The highest BCUT2D eigenvalue weighted by molar-refractivity contribution is 5.84. The van der Waals surface area contributed by atoms with E-state index in [1.807, 2.05) is 31.2 Å². The van der Waals surface area contributed by atoms with Crippen LogP contribution in [-0.2, 0) is 11.3 Å². The maximum Gasteiger partial charge on any atom is 0.411 e. The largest absolute Gasteiger partial charge is 0.453 e. The van der Waals surface area contributed by atoms with Gasteiger partial charge in [0.15, 0.2) is 5.96 Å². The van der Waals surface area contributed by atoms with Crippen LogP contribution in [0, 0.1) is 0 Å². The third kappa shape index (κ3) is 8.77. The van der Waals surface area contributed by atoms with Gasteiger partial charge in [-0.1, -0.05) is 38.8 Å². The first-order valence-corrected chi connectivity index (χ1v) is 9.64. The summed E-state index contributed by atoms with van der Waals surface area (Å²) in [5, 5.41) is 19.8. The maximum absolute atomic E-state index is 11.2. The van der Waals surface area contributed by atoms with Crippen molar-refractivity contribution in [3.05, 3.63) is 29.8 Å².